The van der Waals surface area contributed by atoms with Gasteiger partial charge in [0.1, 0.15) is 5.76 Å². The van der Waals surface area contributed by atoms with Crippen LogP contribution in [0.2, 0.25) is 0 Å². The van der Waals surface area contributed by atoms with Crippen LogP contribution >= 0.6 is 0 Å². The highest BCUT2D eigenvalue weighted by atomic mass is 16.5. The molecule has 0 radical (unpaired) electrons. The quantitative estimate of drug-likeness (QED) is 0.881. The molecule has 0 unspecified atom stereocenters. The second-order valence-electron chi connectivity index (χ2n) is 4.61. The summed E-state index contributed by atoms with van der Waals surface area (Å²) in [4.78, 5) is 26.5. The van der Waals surface area contributed by atoms with Gasteiger partial charge in [0.25, 0.3) is 5.91 Å². The van der Waals surface area contributed by atoms with Gasteiger partial charge in [-0.15, -0.1) is 0 Å². The zero-order chi connectivity index (χ0) is 14.1. The van der Waals surface area contributed by atoms with Crippen molar-refractivity contribution in [1.29, 1.82) is 0 Å². The molecule has 0 atom stereocenters. The van der Waals surface area contributed by atoms with Crippen LogP contribution in [0, 0.1) is 0 Å². The van der Waals surface area contributed by atoms with Gasteiger partial charge in [-0.2, -0.15) is 0 Å². The van der Waals surface area contributed by atoms with E-state index in [2.05, 4.69) is 15.5 Å². The first-order valence-electron chi connectivity index (χ1n) is 6.10. The Hall–Kier alpha value is -2.70. The maximum Gasteiger partial charge on any atom is 0.337 e. The van der Waals surface area contributed by atoms with Crippen LogP contribution in [0.5, 0.6) is 0 Å². The molecule has 0 aromatic carbocycles. The first-order chi connectivity index (χ1) is 9.63. The molecule has 2 aromatic heterocycles. The number of aromatic carboxylic acids is 1. The highest BCUT2D eigenvalue weighted by molar-refractivity contribution is 6.03. The molecule has 1 aliphatic carbocycles. The fourth-order valence-corrected chi connectivity index (χ4v) is 1.78. The number of hydrogen-bond donors (Lipinski definition) is 2. The average molecular weight is 273 g/mol. The third-order valence-electron chi connectivity index (χ3n) is 2.98. The Bertz CT molecular complexity index is 676. The van der Waals surface area contributed by atoms with Crippen molar-refractivity contribution in [3.05, 3.63) is 41.5 Å². The van der Waals surface area contributed by atoms with Crippen molar-refractivity contribution in [2.75, 3.05) is 5.32 Å². The molecule has 0 spiro atoms. The van der Waals surface area contributed by atoms with Crippen LogP contribution in [0.25, 0.3) is 0 Å². The van der Waals surface area contributed by atoms with Gasteiger partial charge in [0.15, 0.2) is 5.69 Å². The molecule has 20 heavy (non-hydrogen) atoms. The lowest BCUT2D eigenvalue weighted by Crippen LogP contribution is -2.13. The normalized spacial score (nSPS) is 14.0. The molecule has 0 saturated heterocycles. The molecule has 0 bridgehead atoms. The molecule has 0 aliphatic heterocycles. The summed E-state index contributed by atoms with van der Waals surface area (Å²) in [7, 11) is 0. The second kappa shape index (κ2) is 4.76. The van der Waals surface area contributed by atoms with Gasteiger partial charge in [-0.1, -0.05) is 5.16 Å². The monoisotopic (exact) mass is 273 g/mol. The summed E-state index contributed by atoms with van der Waals surface area (Å²) < 4.78 is 5.09. The fraction of sp³-hybridized carbons (Fsp3) is 0.231. The van der Waals surface area contributed by atoms with Crippen LogP contribution in [-0.2, 0) is 0 Å². The van der Waals surface area contributed by atoms with Gasteiger partial charge in [-0.25, -0.2) is 4.79 Å². The van der Waals surface area contributed by atoms with Gasteiger partial charge in [-0.3, -0.25) is 9.78 Å². The van der Waals surface area contributed by atoms with Crippen LogP contribution in [-0.4, -0.2) is 27.1 Å². The van der Waals surface area contributed by atoms with Gasteiger partial charge >= 0.3 is 5.97 Å². The van der Waals surface area contributed by atoms with Crippen molar-refractivity contribution in [1.82, 2.24) is 10.1 Å². The highest BCUT2D eigenvalue weighted by Gasteiger charge is 2.28. The van der Waals surface area contributed by atoms with Gasteiger partial charge in [0, 0.05) is 18.2 Å². The van der Waals surface area contributed by atoms with Crippen molar-refractivity contribution >= 4 is 17.6 Å². The molecule has 7 nitrogen and oxygen atoms in total. The molecule has 2 N–H and O–H groups in total. The highest BCUT2D eigenvalue weighted by Crippen LogP contribution is 2.40. The average Bonchev–Trinajstić information content (AvgIpc) is 3.16. The van der Waals surface area contributed by atoms with E-state index < -0.39 is 11.9 Å². The van der Waals surface area contributed by atoms with E-state index >= 15 is 0 Å². The van der Waals surface area contributed by atoms with Crippen molar-refractivity contribution in [3.8, 4) is 0 Å². The van der Waals surface area contributed by atoms with E-state index in [4.69, 9.17) is 9.63 Å². The predicted octanol–water partition coefficient (Wildman–Crippen LogP) is 1.90. The number of rotatable bonds is 4. The van der Waals surface area contributed by atoms with Gasteiger partial charge in [0.05, 0.1) is 17.4 Å². The summed E-state index contributed by atoms with van der Waals surface area (Å²) in [6.07, 6.45) is 4.69. The third kappa shape index (κ3) is 2.51. The van der Waals surface area contributed by atoms with E-state index in [1.165, 1.54) is 18.5 Å². The maximum atomic E-state index is 11.9. The minimum atomic E-state index is -1.11. The van der Waals surface area contributed by atoms with Crippen molar-refractivity contribution in [2.45, 2.75) is 18.8 Å². The Labute approximate surface area is 113 Å². The first kappa shape index (κ1) is 12.3. The maximum absolute atomic E-state index is 11.9. The molecule has 1 saturated carbocycles. The molecule has 2 aromatic rings. The van der Waals surface area contributed by atoms with Crippen molar-refractivity contribution in [3.63, 3.8) is 0 Å². The number of hydrogen-bond acceptors (Lipinski definition) is 5. The summed E-state index contributed by atoms with van der Waals surface area (Å²) in [5, 5.41) is 15.1. The van der Waals surface area contributed by atoms with E-state index in [-0.39, 0.29) is 11.3 Å². The second-order valence-corrected chi connectivity index (χ2v) is 4.61. The standard InChI is InChI=1S/C13H11N3O4/c17-12(10-4-11(20-16-10)7-1-2-7)15-9-3-8(13(18)19)5-14-6-9/h3-7H,1-2H2,(H,15,17)(H,18,19). The number of amides is 1. The van der Waals surface area contributed by atoms with Gasteiger partial charge < -0.3 is 14.9 Å². The number of carbonyl (C=O) groups excluding carboxylic acids is 1. The number of pyridine rings is 1. The zero-order valence-corrected chi connectivity index (χ0v) is 10.4. The van der Waals surface area contributed by atoms with Gasteiger partial charge in [0.2, 0.25) is 0 Å². The number of nitrogens with zero attached hydrogens (tertiary/aromatic N) is 2. The van der Waals surface area contributed by atoms with E-state index in [0.29, 0.717) is 17.4 Å². The number of aromatic nitrogens is 2. The van der Waals surface area contributed by atoms with Crippen LogP contribution in [0.3, 0.4) is 0 Å². The lowest BCUT2D eigenvalue weighted by atomic mass is 10.2. The molecule has 102 valence electrons. The van der Waals surface area contributed by atoms with Gasteiger partial charge in [-0.05, 0) is 18.9 Å². The Morgan fingerprint density at radius 1 is 1.30 bits per heavy atom. The molecular formula is C13H11N3O4. The van der Waals surface area contributed by atoms with E-state index in [1.54, 1.807) is 6.07 Å². The van der Waals surface area contributed by atoms with Crippen molar-refractivity contribution in [2.24, 2.45) is 0 Å². The van der Waals surface area contributed by atoms with Crippen LogP contribution in [0.1, 0.15) is 45.4 Å². The number of carboxylic acids is 1. The lowest BCUT2D eigenvalue weighted by molar-refractivity contribution is 0.0696. The van der Waals surface area contributed by atoms with E-state index in [9.17, 15) is 9.59 Å². The summed E-state index contributed by atoms with van der Waals surface area (Å²) in [5.74, 6) is -0.468. The molecular weight excluding hydrogens is 262 g/mol. The minimum Gasteiger partial charge on any atom is -0.478 e. The molecule has 1 fully saturated rings. The Balaban J connectivity index is 1.74. The molecule has 7 heteroatoms. The number of nitrogens with one attached hydrogen (secondary N) is 1. The van der Waals surface area contributed by atoms with Crippen molar-refractivity contribution < 1.29 is 19.2 Å². The molecule has 3 rings (SSSR count). The fourth-order valence-electron chi connectivity index (χ4n) is 1.78. The Morgan fingerprint density at radius 2 is 2.10 bits per heavy atom. The Morgan fingerprint density at radius 3 is 2.80 bits per heavy atom. The minimum absolute atomic E-state index is 0.00150. The number of carbonyl (C=O) groups is 2. The lowest BCUT2D eigenvalue weighted by Gasteiger charge is -2.02. The van der Waals surface area contributed by atoms with Crippen LogP contribution < -0.4 is 5.32 Å². The summed E-state index contributed by atoms with van der Waals surface area (Å²) >= 11 is 0. The molecule has 1 amide bonds. The van der Waals surface area contributed by atoms with E-state index in [0.717, 1.165) is 12.8 Å². The molecule has 2 heterocycles. The molecule has 1 aliphatic rings. The Kier molecular flexibility index (Phi) is 2.94. The summed E-state index contributed by atoms with van der Waals surface area (Å²) in [6.45, 7) is 0. The third-order valence-corrected chi connectivity index (χ3v) is 2.98. The SMILES string of the molecule is O=C(O)c1cncc(NC(=O)c2cc(C3CC3)on2)c1. The smallest absolute Gasteiger partial charge is 0.337 e. The number of carboxylic acid groups (broad SMARTS) is 1. The largest absolute Gasteiger partial charge is 0.478 e. The first-order valence-corrected chi connectivity index (χ1v) is 6.10. The van der Waals surface area contributed by atoms with Crippen LogP contribution in [0.15, 0.2) is 29.0 Å². The summed E-state index contributed by atoms with van der Waals surface area (Å²) in [6, 6.07) is 2.94. The number of anilines is 1. The summed E-state index contributed by atoms with van der Waals surface area (Å²) in [5.41, 5.74) is 0.472. The predicted molar refractivity (Wildman–Crippen MR) is 67.6 cm³/mol. The van der Waals surface area contributed by atoms with E-state index in [1.807, 2.05) is 0 Å². The van der Waals surface area contributed by atoms with Crippen LogP contribution in [0.4, 0.5) is 5.69 Å². The zero-order valence-electron chi connectivity index (χ0n) is 10.4. The topological polar surface area (TPSA) is 105 Å².